The van der Waals surface area contributed by atoms with Crippen molar-refractivity contribution in [3.8, 4) is 0 Å². The molecule has 1 rings (SSSR count). The van der Waals surface area contributed by atoms with E-state index in [1.807, 2.05) is 0 Å². The minimum absolute atomic E-state index is 0.237. The first-order valence-corrected chi connectivity index (χ1v) is 3.48. The summed E-state index contributed by atoms with van der Waals surface area (Å²) in [5.41, 5.74) is 0.659. The fraction of sp³-hybridized carbons (Fsp3) is 0.250. The van der Waals surface area contributed by atoms with Crippen LogP contribution in [0.3, 0.4) is 0 Å². The summed E-state index contributed by atoms with van der Waals surface area (Å²) < 4.78 is 12.8. The topological polar surface area (TPSA) is 0 Å². The zero-order valence-electron chi connectivity index (χ0n) is 5.70. The summed E-state index contributed by atoms with van der Waals surface area (Å²) in [7, 11) is 0. The van der Waals surface area contributed by atoms with Gasteiger partial charge in [-0.2, -0.15) is 0 Å². The first-order chi connectivity index (χ1) is 4.70. The lowest BCUT2D eigenvalue weighted by Gasteiger charge is -1.91. The lowest BCUT2D eigenvalue weighted by molar-refractivity contribution is 0.651. The normalized spacial score (nSPS) is 18.9. The van der Waals surface area contributed by atoms with Crippen LogP contribution in [0.2, 0.25) is 0 Å². The lowest BCUT2D eigenvalue weighted by Crippen LogP contribution is -1.73. The zero-order valence-corrected chi connectivity index (χ0v) is 6.45. The summed E-state index contributed by atoms with van der Waals surface area (Å²) in [5, 5.41) is 0.477. The lowest BCUT2D eigenvalue weighted by atomic mass is 10.2. The number of hydrogen-bond acceptors (Lipinski definition) is 0. The van der Waals surface area contributed by atoms with Crippen molar-refractivity contribution < 1.29 is 4.39 Å². The van der Waals surface area contributed by atoms with Crippen molar-refractivity contribution in [3.63, 3.8) is 0 Å². The van der Waals surface area contributed by atoms with Crippen LogP contribution in [-0.4, -0.2) is 0 Å². The maximum atomic E-state index is 12.8. The predicted octanol–water partition coefficient (Wildman–Crippen LogP) is 3.31. The molecule has 0 saturated heterocycles. The smallest absolute Gasteiger partial charge is 0.127 e. The van der Waals surface area contributed by atoms with Crippen LogP contribution in [-0.2, 0) is 0 Å². The van der Waals surface area contributed by atoms with Gasteiger partial charge in [0.1, 0.15) is 5.83 Å². The van der Waals surface area contributed by atoms with Crippen LogP contribution in [0.15, 0.2) is 34.7 Å². The van der Waals surface area contributed by atoms with E-state index in [0.29, 0.717) is 17.0 Å². The van der Waals surface area contributed by atoms with Gasteiger partial charge in [-0.25, -0.2) is 4.39 Å². The minimum atomic E-state index is -0.237. The molecule has 1 aliphatic rings. The van der Waals surface area contributed by atoms with Gasteiger partial charge in [0.15, 0.2) is 0 Å². The molecular weight excluding hydrogens is 151 g/mol. The van der Waals surface area contributed by atoms with Gasteiger partial charge in [0.2, 0.25) is 0 Å². The van der Waals surface area contributed by atoms with Crippen LogP contribution in [0, 0.1) is 0 Å². The Morgan fingerprint density at radius 1 is 1.50 bits per heavy atom. The number of hydrogen-bond donors (Lipinski definition) is 0. The van der Waals surface area contributed by atoms with Crippen LogP contribution in [0.5, 0.6) is 0 Å². The molecule has 0 aromatic heterocycles. The molecule has 0 heterocycles. The Kier molecular flexibility index (Phi) is 2.28. The number of halogens is 2. The average molecular weight is 159 g/mol. The van der Waals surface area contributed by atoms with Crippen LogP contribution in [0.25, 0.3) is 0 Å². The highest BCUT2D eigenvalue weighted by Gasteiger charge is 2.01. The van der Waals surface area contributed by atoms with E-state index in [1.165, 1.54) is 6.08 Å². The molecule has 0 atom stereocenters. The third-order valence-electron chi connectivity index (χ3n) is 1.38. The Bertz CT molecular complexity index is 223. The van der Waals surface area contributed by atoms with Gasteiger partial charge in [-0.05, 0) is 25.0 Å². The highest BCUT2D eigenvalue weighted by atomic mass is 35.5. The quantitative estimate of drug-likeness (QED) is 0.508. The van der Waals surface area contributed by atoms with Gasteiger partial charge < -0.3 is 0 Å². The molecule has 54 valence electrons. The van der Waals surface area contributed by atoms with Crippen molar-refractivity contribution in [3.05, 3.63) is 34.7 Å². The van der Waals surface area contributed by atoms with Crippen molar-refractivity contribution in [1.82, 2.24) is 0 Å². The summed E-state index contributed by atoms with van der Waals surface area (Å²) in [4.78, 5) is 0. The maximum absolute atomic E-state index is 12.8. The second-order valence-electron chi connectivity index (χ2n) is 2.20. The molecule has 0 aromatic rings. The molecule has 1 aliphatic carbocycles. The maximum Gasteiger partial charge on any atom is 0.127 e. The van der Waals surface area contributed by atoms with E-state index in [0.717, 1.165) is 0 Å². The Labute approximate surface area is 64.7 Å². The molecule has 0 amide bonds. The fourth-order valence-electron chi connectivity index (χ4n) is 0.740. The van der Waals surface area contributed by atoms with Gasteiger partial charge in [-0.15, -0.1) is 0 Å². The first kappa shape index (κ1) is 7.55. The molecule has 0 radical (unpaired) electrons. The van der Waals surface area contributed by atoms with E-state index >= 15 is 0 Å². The van der Waals surface area contributed by atoms with Crippen LogP contribution >= 0.6 is 11.6 Å². The summed E-state index contributed by atoms with van der Waals surface area (Å²) >= 11 is 5.59. The molecule has 0 aliphatic heterocycles. The van der Waals surface area contributed by atoms with E-state index < -0.39 is 0 Å². The Morgan fingerprint density at radius 2 is 2.20 bits per heavy atom. The SMILES string of the molecule is CC1=CCC=C(Cl)C=C1F. The molecule has 2 heteroatoms. The highest BCUT2D eigenvalue weighted by Crippen LogP contribution is 2.20. The van der Waals surface area contributed by atoms with Crippen molar-refractivity contribution in [2.24, 2.45) is 0 Å². The Balaban J connectivity index is 2.92. The van der Waals surface area contributed by atoms with E-state index in [2.05, 4.69) is 0 Å². The van der Waals surface area contributed by atoms with Crippen molar-refractivity contribution in [1.29, 1.82) is 0 Å². The van der Waals surface area contributed by atoms with Gasteiger partial charge in [0, 0.05) is 5.03 Å². The summed E-state index contributed by atoms with van der Waals surface area (Å²) in [6.45, 7) is 1.73. The van der Waals surface area contributed by atoms with E-state index in [9.17, 15) is 4.39 Å². The summed E-state index contributed by atoms with van der Waals surface area (Å²) in [5.74, 6) is -0.237. The summed E-state index contributed by atoms with van der Waals surface area (Å²) in [6.07, 6.45) is 5.63. The third kappa shape index (κ3) is 1.71. The van der Waals surface area contributed by atoms with Gasteiger partial charge in [-0.3, -0.25) is 0 Å². The molecular formula is C8H8ClF. The molecule has 0 nitrogen and oxygen atoms in total. The number of rotatable bonds is 0. The van der Waals surface area contributed by atoms with Gasteiger partial charge >= 0.3 is 0 Å². The molecule has 0 saturated carbocycles. The van der Waals surface area contributed by atoms with E-state index in [4.69, 9.17) is 11.6 Å². The molecule has 10 heavy (non-hydrogen) atoms. The largest absolute Gasteiger partial charge is 0.207 e. The molecule has 0 N–H and O–H groups in total. The second kappa shape index (κ2) is 3.02. The van der Waals surface area contributed by atoms with Crippen molar-refractivity contribution in [2.45, 2.75) is 13.3 Å². The minimum Gasteiger partial charge on any atom is -0.207 e. The highest BCUT2D eigenvalue weighted by molar-refractivity contribution is 6.31. The van der Waals surface area contributed by atoms with Gasteiger partial charge in [0.05, 0.1) is 0 Å². The molecule has 0 unspecified atom stereocenters. The monoisotopic (exact) mass is 158 g/mol. The molecule has 0 spiro atoms. The zero-order chi connectivity index (χ0) is 7.56. The van der Waals surface area contributed by atoms with E-state index in [1.54, 1.807) is 19.1 Å². The number of allylic oxidation sites excluding steroid dienone is 6. The molecule has 0 bridgehead atoms. The second-order valence-corrected chi connectivity index (χ2v) is 2.64. The Hall–Kier alpha value is -0.560. The van der Waals surface area contributed by atoms with Crippen LogP contribution in [0.4, 0.5) is 4.39 Å². The molecule has 0 aromatic carbocycles. The summed E-state index contributed by atoms with van der Waals surface area (Å²) in [6, 6.07) is 0. The Morgan fingerprint density at radius 3 is 2.90 bits per heavy atom. The standard InChI is InChI=1S/C8H8ClF/c1-6-3-2-4-7(9)5-8(6)10/h3-5H,2H2,1H3. The van der Waals surface area contributed by atoms with Gasteiger partial charge in [0.25, 0.3) is 0 Å². The van der Waals surface area contributed by atoms with E-state index in [-0.39, 0.29) is 5.83 Å². The van der Waals surface area contributed by atoms with Crippen LogP contribution < -0.4 is 0 Å². The third-order valence-corrected chi connectivity index (χ3v) is 1.64. The van der Waals surface area contributed by atoms with Crippen molar-refractivity contribution >= 4 is 11.6 Å². The van der Waals surface area contributed by atoms with Crippen LogP contribution in [0.1, 0.15) is 13.3 Å². The van der Waals surface area contributed by atoms with Gasteiger partial charge in [-0.1, -0.05) is 23.8 Å². The van der Waals surface area contributed by atoms with Crippen molar-refractivity contribution in [2.75, 3.05) is 0 Å². The fourth-order valence-corrected chi connectivity index (χ4v) is 0.924. The first-order valence-electron chi connectivity index (χ1n) is 3.10. The average Bonchev–Trinajstić information content (AvgIpc) is 1.96. The molecule has 0 fully saturated rings. The predicted molar refractivity (Wildman–Crippen MR) is 41.5 cm³/mol.